The number of amides is 3. The SMILES string of the molecule is CCN1CCc2nc(NC(=O)c3ccc(NC(=O)Nc4ccccc4)s3)sc2C1. The van der Waals surface area contributed by atoms with Crippen LogP contribution in [0.5, 0.6) is 0 Å². The molecule has 0 aliphatic carbocycles. The van der Waals surface area contributed by atoms with Gasteiger partial charge in [-0.25, -0.2) is 9.78 Å². The lowest BCUT2D eigenvalue weighted by Gasteiger charge is -2.23. The first kappa shape index (κ1) is 19.6. The second-order valence-electron chi connectivity index (χ2n) is 6.57. The quantitative estimate of drug-likeness (QED) is 0.560. The molecule has 0 unspecified atom stereocenters. The third-order valence-corrected chi connectivity index (χ3v) is 6.57. The van der Waals surface area contributed by atoms with Crippen LogP contribution in [0, 0.1) is 0 Å². The molecular weight excluding hydrogens is 406 g/mol. The average molecular weight is 428 g/mol. The minimum atomic E-state index is -0.349. The van der Waals surface area contributed by atoms with E-state index in [4.69, 9.17) is 0 Å². The smallest absolute Gasteiger partial charge is 0.308 e. The number of benzene rings is 1. The van der Waals surface area contributed by atoms with E-state index in [2.05, 4.69) is 32.8 Å². The number of carbonyl (C=O) groups is 2. The lowest BCUT2D eigenvalue weighted by atomic mass is 10.2. The molecule has 3 aromatic rings. The second kappa shape index (κ2) is 8.73. The van der Waals surface area contributed by atoms with E-state index < -0.39 is 0 Å². The summed E-state index contributed by atoms with van der Waals surface area (Å²) in [4.78, 5) is 33.3. The molecule has 0 radical (unpaired) electrons. The molecule has 3 heterocycles. The van der Waals surface area contributed by atoms with Gasteiger partial charge in [0.15, 0.2) is 5.13 Å². The number of fused-ring (bicyclic) bond motifs is 1. The summed E-state index contributed by atoms with van der Waals surface area (Å²) >= 11 is 2.76. The number of thiophene rings is 1. The van der Waals surface area contributed by atoms with E-state index in [-0.39, 0.29) is 11.9 Å². The van der Waals surface area contributed by atoms with Crippen LogP contribution in [-0.2, 0) is 13.0 Å². The molecule has 9 heteroatoms. The largest absolute Gasteiger partial charge is 0.324 e. The van der Waals surface area contributed by atoms with E-state index in [0.717, 1.165) is 31.7 Å². The Hall–Kier alpha value is -2.75. The van der Waals surface area contributed by atoms with Crippen LogP contribution in [0.1, 0.15) is 27.2 Å². The normalized spacial score (nSPS) is 13.6. The number of likely N-dealkylation sites (N-methyl/N-ethyl adjacent to an activating group) is 1. The van der Waals surface area contributed by atoms with Crippen molar-refractivity contribution < 1.29 is 9.59 Å². The molecule has 2 aromatic heterocycles. The predicted molar refractivity (Wildman–Crippen MR) is 118 cm³/mol. The number of thiazole rings is 1. The first-order chi connectivity index (χ1) is 14.1. The summed E-state index contributed by atoms with van der Waals surface area (Å²) in [5.74, 6) is -0.218. The van der Waals surface area contributed by atoms with Crippen molar-refractivity contribution in [3.63, 3.8) is 0 Å². The Kier molecular flexibility index (Phi) is 5.89. The molecule has 0 atom stereocenters. The van der Waals surface area contributed by atoms with Crippen LogP contribution in [0.3, 0.4) is 0 Å². The van der Waals surface area contributed by atoms with Gasteiger partial charge in [-0.1, -0.05) is 25.1 Å². The monoisotopic (exact) mass is 427 g/mol. The highest BCUT2D eigenvalue weighted by Crippen LogP contribution is 2.29. The molecule has 0 spiro atoms. The highest BCUT2D eigenvalue weighted by molar-refractivity contribution is 7.18. The molecule has 0 fully saturated rings. The van der Waals surface area contributed by atoms with Crippen molar-refractivity contribution in [2.24, 2.45) is 0 Å². The van der Waals surface area contributed by atoms with E-state index >= 15 is 0 Å². The van der Waals surface area contributed by atoms with Gasteiger partial charge in [-0.05, 0) is 30.8 Å². The molecule has 7 nitrogen and oxygen atoms in total. The number of aromatic nitrogens is 1. The number of urea groups is 1. The molecule has 0 bridgehead atoms. The fourth-order valence-corrected chi connectivity index (χ4v) is 4.90. The van der Waals surface area contributed by atoms with Crippen LogP contribution in [0.2, 0.25) is 0 Å². The molecule has 3 amide bonds. The summed E-state index contributed by atoms with van der Waals surface area (Å²) in [6.07, 6.45) is 0.916. The maximum atomic E-state index is 12.6. The van der Waals surface area contributed by atoms with Gasteiger partial charge in [0.1, 0.15) is 0 Å². The summed E-state index contributed by atoms with van der Waals surface area (Å²) in [7, 11) is 0. The second-order valence-corrected chi connectivity index (χ2v) is 8.74. The summed E-state index contributed by atoms with van der Waals surface area (Å²) in [5, 5.41) is 9.61. The molecule has 150 valence electrons. The van der Waals surface area contributed by atoms with E-state index in [1.807, 2.05) is 18.2 Å². The Morgan fingerprint density at radius 3 is 2.69 bits per heavy atom. The molecule has 29 heavy (non-hydrogen) atoms. The topological polar surface area (TPSA) is 86.4 Å². The third kappa shape index (κ3) is 4.81. The van der Waals surface area contributed by atoms with Crippen LogP contribution in [0.25, 0.3) is 0 Å². The van der Waals surface area contributed by atoms with Crippen LogP contribution in [0.4, 0.5) is 20.6 Å². The first-order valence-corrected chi connectivity index (χ1v) is 11.0. The van der Waals surface area contributed by atoms with Gasteiger partial charge in [0, 0.05) is 30.1 Å². The Morgan fingerprint density at radius 1 is 1.07 bits per heavy atom. The first-order valence-electron chi connectivity index (χ1n) is 9.36. The van der Waals surface area contributed by atoms with E-state index in [1.54, 1.807) is 24.3 Å². The number of anilines is 3. The zero-order valence-electron chi connectivity index (χ0n) is 15.9. The summed E-state index contributed by atoms with van der Waals surface area (Å²) in [6.45, 7) is 5.06. The van der Waals surface area contributed by atoms with E-state index in [0.29, 0.717) is 20.7 Å². The molecule has 0 saturated heterocycles. The Morgan fingerprint density at radius 2 is 1.90 bits per heavy atom. The van der Waals surface area contributed by atoms with Gasteiger partial charge >= 0.3 is 6.03 Å². The number of nitrogens with zero attached hydrogens (tertiary/aromatic N) is 2. The van der Waals surface area contributed by atoms with Gasteiger partial charge in [0.25, 0.3) is 5.91 Å². The van der Waals surface area contributed by atoms with Gasteiger partial charge < -0.3 is 5.32 Å². The minimum absolute atomic E-state index is 0.218. The van der Waals surface area contributed by atoms with Crippen molar-refractivity contribution in [1.82, 2.24) is 9.88 Å². The Bertz CT molecular complexity index is 1020. The van der Waals surface area contributed by atoms with Crippen LogP contribution in [0.15, 0.2) is 42.5 Å². The number of nitrogens with one attached hydrogen (secondary N) is 3. The van der Waals surface area contributed by atoms with Crippen LogP contribution < -0.4 is 16.0 Å². The van der Waals surface area contributed by atoms with Gasteiger partial charge in [-0.2, -0.15) is 0 Å². The third-order valence-electron chi connectivity index (χ3n) is 4.58. The molecule has 1 aromatic carbocycles. The maximum absolute atomic E-state index is 12.6. The van der Waals surface area contributed by atoms with Gasteiger partial charge in [0.05, 0.1) is 15.6 Å². The van der Waals surface area contributed by atoms with Crippen LogP contribution >= 0.6 is 22.7 Å². The molecule has 1 aliphatic rings. The van der Waals surface area contributed by atoms with Crippen molar-refractivity contribution in [2.45, 2.75) is 19.9 Å². The number of hydrogen-bond acceptors (Lipinski definition) is 6. The number of carbonyl (C=O) groups excluding carboxylic acids is 2. The van der Waals surface area contributed by atoms with Crippen molar-refractivity contribution in [3.8, 4) is 0 Å². The zero-order chi connectivity index (χ0) is 20.2. The number of para-hydroxylation sites is 1. The molecule has 3 N–H and O–H groups in total. The van der Waals surface area contributed by atoms with Gasteiger partial charge in [0.2, 0.25) is 0 Å². The lowest BCUT2D eigenvalue weighted by molar-refractivity contribution is 0.103. The highest BCUT2D eigenvalue weighted by Gasteiger charge is 2.21. The standard InChI is InChI=1S/C20H21N5O2S2/c1-2-25-11-10-14-16(12-25)29-20(22-14)24-18(26)15-8-9-17(28-15)23-19(27)21-13-6-4-3-5-7-13/h3-9H,2,10-12H2,1H3,(H2,21,23,27)(H,22,24,26). The fraction of sp³-hybridized carbons (Fsp3) is 0.250. The van der Waals surface area contributed by atoms with Gasteiger partial charge in [-0.15, -0.1) is 22.7 Å². The number of hydrogen-bond donors (Lipinski definition) is 3. The zero-order valence-corrected chi connectivity index (χ0v) is 17.5. The summed E-state index contributed by atoms with van der Waals surface area (Å²) < 4.78 is 0. The highest BCUT2D eigenvalue weighted by atomic mass is 32.1. The average Bonchev–Trinajstić information content (AvgIpc) is 3.34. The van der Waals surface area contributed by atoms with Crippen molar-refractivity contribution in [1.29, 1.82) is 0 Å². The summed E-state index contributed by atoms with van der Waals surface area (Å²) in [5.41, 5.74) is 1.79. The summed E-state index contributed by atoms with van der Waals surface area (Å²) in [6, 6.07) is 12.3. The van der Waals surface area contributed by atoms with Crippen LogP contribution in [-0.4, -0.2) is 34.9 Å². The van der Waals surface area contributed by atoms with E-state index in [9.17, 15) is 9.59 Å². The van der Waals surface area contributed by atoms with Crippen molar-refractivity contribution >= 4 is 50.4 Å². The molecule has 4 rings (SSSR count). The van der Waals surface area contributed by atoms with Crippen molar-refractivity contribution in [2.75, 3.05) is 29.0 Å². The van der Waals surface area contributed by atoms with Crippen molar-refractivity contribution in [3.05, 3.63) is 57.9 Å². The predicted octanol–water partition coefficient (Wildman–Crippen LogP) is 4.48. The minimum Gasteiger partial charge on any atom is -0.308 e. The van der Waals surface area contributed by atoms with Gasteiger partial charge in [-0.3, -0.25) is 20.3 Å². The maximum Gasteiger partial charge on any atom is 0.324 e. The molecule has 1 aliphatic heterocycles. The molecule has 0 saturated carbocycles. The van der Waals surface area contributed by atoms with E-state index in [1.165, 1.54) is 27.6 Å². The Balaban J connectivity index is 1.35. The molecular formula is C20H21N5O2S2. The lowest BCUT2D eigenvalue weighted by Crippen LogP contribution is -2.29. The fourth-order valence-electron chi connectivity index (χ4n) is 3.05. The Labute approximate surface area is 176 Å². The number of rotatable bonds is 5.